The van der Waals surface area contributed by atoms with Crippen LogP contribution in [0, 0.1) is 6.92 Å². The van der Waals surface area contributed by atoms with Crippen molar-refractivity contribution in [2.75, 3.05) is 0 Å². The third-order valence-corrected chi connectivity index (χ3v) is 5.18. The van der Waals surface area contributed by atoms with Crippen LogP contribution in [0.25, 0.3) is 22.4 Å². The largest absolute Gasteiger partial charge is 0.256 e. The smallest absolute Gasteiger partial charge is 0.0710 e. The molecule has 1 aromatic heterocycles. The molecule has 0 bridgehead atoms. The van der Waals surface area contributed by atoms with E-state index in [0.717, 1.165) is 18.5 Å². The Balaban J connectivity index is 2.00. The summed E-state index contributed by atoms with van der Waals surface area (Å²) in [5.41, 5.74) is 10.1. The fourth-order valence-electron chi connectivity index (χ4n) is 3.49. The first-order valence-electron chi connectivity index (χ1n) is 10.0. The number of nitrogens with zero attached hydrogens (tertiary/aromatic N) is 1. The van der Waals surface area contributed by atoms with Gasteiger partial charge in [-0.3, -0.25) is 4.98 Å². The summed E-state index contributed by atoms with van der Waals surface area (Å²) in [7, 11) is 0. The van der Waals surface area contributed by atoms with Crippen LogP contribution in [-0.2, 0) is 6.42 Å². The van der Waals surface area contributed by atoms with Gasteiger partial charge in [0, 0.05) is 11.8 Å². The van der Waals surface area contributed by atoms with Crippen LogP contribution in [0.15, 0.2) is 90.2 Å². The fourth-order valence-corrected chi connectivity index (χ4v) is 3.49. The maximum atomic E-state index is 4.60. The van der Waals surface area contributed by atoms with Crippen molar-refractivity contribution in [1.29, 1.82) is 0 Å². The Morgan fingerprint density at radius 2 is 1.79 bits per heavy atom. The van der Waals surface area contributed by atoms with Gasteiger partial charge in [-0.15, -0.1) is 0 Å². The predicted octanol–water partition coefficient (Wildman–Crippen LogP) is 7.57. The third-order valence-electron chi connectivity index (χ3n) is 5.18. The number of pyridine rings is 1. The van der Waals surface area contributed by atoms with Gasteiger partial charge in [-0.1, -0.05) is 78.8 Å². The van der Waals surface area contributed by atoms with Crippen LogP contribution in [0.5, 0.6) is 0 Å². The molecule has 0 spiro atoms. The van der Waals surface area contributed by atoms with E-state index in [-0.39, 0.29) is 0 Å². The van der Waals surface area contributed by atoms with Crippen molar-refractivity contribution in [2.24, 2.45) is 0 Å². The van der Waals surface area contributed by atoms with Crippen LogP contribution in [0.1, 0.15) is 38.3 Å². The third kappa shape index (κ3) is 4.67. The Hall–Kier alpha value is -2.93. The second-order valence-corrected chi connectivity index (χ2v) is 7.36. The summed E-state index contributed by atoms with van der Waals surface area (Å²) in [5.74, 6) is 0. The quantitative estimate of drug-likeness (QED) is 0.409. The van der Waals surface area contributed by atoms with E-state index < -0.39 is 0 Å². The number of hydrogen-bond acceptors (Lipinski definition) is 1. The molecule has 0 aliphatic carbocycles. The standard InChI is InChI=1S/C27H29N/c1-5-6-11-20(2)22(4)18-23-13-10-14-24(19-23)25-15-9-12-21(3)27(25)26-16-7-8-17-28-26/h6-17,19H,5,18H2,1-4H3/b11-6-,22-20+. The van der Waals surface area contributed by atoms with Crippen molar-refractivity contribution >= 4 is 0 Å². The molecule has 3 aromatic rings. The molecule has 0 saturated heterocycles. The van der Waals surface area contributed by atoms with Gasteiger partial charge in [-0.25, -0.2) is 0 Å². The van der Waals surface area contributed by atoms with Crippen molar-refractivity contribution in [2.45, 2.75) is 40.5 Å². The van der Waals surface area contributed by atoms with E-state index in [0.29, 0.717) is 0 Å². The molecule has 2 aromatic carbocycles. The van der Waals surface area contributed by atoms with Crippen LogP contribution in [-0.4, -0.2) is 4.98 Å². The Morgan fingerprint density at radius 3 is 2.54 bits per heavy atom. The summed E-state index contributed by atoms with van der Waals surface area (Å²) in [6.07, 6.45) is 8.37. The molecule has 0 atom stereocenters. The van der Waals surface area contributed by atoms with Crippen molar-refractivity contribution < 1.29 is 0 Å². The monoisotopic (exact) mass is 367 g/mol. The lowest BCUT2D eigenvalue weighted by molar-refractivity contribution is 1.10. The van der Waals surface area contributed by atoms with Gasteiger partial charge in [-0.05, 0) is 68.0 Å². The lowest BCUT2D eigenvalue weighted by Crippen LogP contribution is -1.93. The van der Waals surface area contributed by atoms with Gasteiger partial charge in [0.15, 0.2) is 0 Å². The van der Waals surface area contributed by atoms with E-state index >= 15 is 0 Å². The van der Waals surface area contributed by atoms with Crippen molar-refractivity contribution in [1.82, 2.24) is 4.98 Å². The van der Waals surface area contributed by atoms with Gasteiger partial charge in [0.2, 0.25) is 0 Å². The number of hydrogen-bond donors (Lipinski definition) is 0. The van der Waals surface area contributed by atoms with E-state index in [9.17, 15) is 0 Å². The lowest BCUT2D eigenvalue weighted by Gasteiger charge is -2.14. The Kier molecular flexibility index (Phi) is 6.60. The van der Waals surface area contributed by atoms with Crippen LogP contribution in [0.4, 0.5) is 0 Å². The van der Waals surface area contributed by atoms with E-state index in [1.165, 1.54) is 39.0 Å². The summed E-state index contributed by atoms with van der Waals surface area (Å²) in [6.45, 7) is 8.76. The molecule has 0 unspecified atom stereocenters. The first-order chi connectivity index (χ1) is 13.6. The number of aryl methyl sites for hydroxylation is 1. The van der Waals surface area contributed by atoms with Crippen LogP contribution in [0.3, 0.4) is 0 Å². The average molecular weight is 368 g/mol. The first-order valence-corrected chi connectivity index (χ1v) is 10.0. The van der Waals surface area contributed by atoms with E-state index in [1.54, 1.807) is 0 Å². The summed E-state index contributed by atoms with van der Waals surface area (Å²) in [4.78, 5) is 4.60. The zero-order valence-corrected chi connectivity index (χ0v) is 17.4. The van der Waals surface area contributed by atoms with E-state index in [2.05, 4.69) is 99.4 Å². The molecule has 0 radical (unpaired) electrons. The molecule has 0 N–H and O–H groups in total. The van der Waals surface area contributed by atoms with Gasteiger partial charge in [-0.2, -0.15) is 0 Å². The molecular formula is C27H29N. The molecule has 0 amide bonds. The molecule has 1 nitrogen and oxygen atoms in total. The van der Waals surface area contributed by atoms with Gasteiger partial charge in [0.1, 0.15) is 0 Å². The molecule has 0 saturated carbocycles. The van der Waals surface area contributed by atoms with Crippen molar-refractivity contribution in [3.8, 4) is 22.4 Å². The van der Waals surface area contributed by atoms with Crippen LogP contribution < -0.4 is 0 Å². The molecule has 28 heavy (non-hydrogen) atoms. The minimum atomic E-state index is 0.971. The van der Waals surface area contributed by atoms with Gasteiger partial charge >= 0.3 is 0 Å². The summed E-state index contributed by atoms with van der Waals surface area (Å²) in [5, 5.41) is 0. The van der Waals surface area contributed by atoms with Gasteiger partial charge < -0.3 is 0 Å². The number of benzene rings is 2. The molecule has 1 heterocycles. The minimum absolute atomic E-state index is 0.971. The summed E-state index contributed by atoms with van der Waals surface area (Å²) < 4.78 is 0. The Labute approximate surface area is 169 Å². The zero-order chi connectivity index (χ0) is 19.9. The Morgan fingerprint density at radius 1 is 0.964 bits per heavy atom. The Bertz CT molecular complexity index is 994. The number of rotatable bonds is 6. The summed E-state index contributed by atoms with van der Waals surface area (Å²) in [6, 6.07) is 21.5. The first kappa shape index (κ1) is 19.8. The van der Waals surface area contributed by atoms with Crippen LogP contribution >= 0.6 is 0 Å². The molecule has 1 heteroatoms. The fraction of sp³-hybridized carbons (Fsp3) is 0.222. The van der Waals surface area contributed by atoms with E-state index in [4.69, 9.17) is 0 Å². The highest BCUT2D eigenvalue weighted by Crippen LogP contribution is 2.34. The van der Waals surface area contributed by atoms with Crippen LogP contribution in [0.2, 0.25) is 0 Å². The number of allylic oxidation sites excluding steroid dienone is 4. The average Bonchev–Trinajstić information content (AvgIpc) is 2.72. The zero-order valence-electron chi connectivity index (χ0n) is 17.4. The predicted molar refractivity (Wildman–Crippen MR) is 121 cm³/mol. The minimum Gasteiger partial charge on any atom is -0.256 e. The maximum absolute atomic E-state index is 4.60. The van der Waals surface area contributed by atoms with Crippen molar-refractivity contribution in [3.05, 3.63) is 101 Å². The maximum Gasteiger partial charge on any atom is 0.0710 e. The molecule has 142 valence electrons. The van der Waals surface area contributed by atoms with Gasteiger partial charge in [0.25, 0.3) is 0 Å². The van der Waals surface area contributed by atoms with Gasteiger partial charge in [0.05, 0.1) is 5.69 Å². The molecular weight excluding hydrogens is 338 g/mol. The van der Waals surface area contributed by atoms with Crippen molar-refractivity contribution in [3.63, 3.8) is 0 Å². The van der Waals surface area contributed by atoms with E-state index in [1.807, 2.05) is 12.3 Å². The normalized spacial score (nSPS) is 12.3. The highest BCUT2D eigenvalue weighted by atomic mass is 14.7. The highest BCUT2D eigenvalue weighted by Gasteiger charge is 2.11. The second kappa shape index (κ2) is 9.32. The second-order valence-electron chi connectivity index (χ2n) is 7.36. The molecule has 0 aliphatic heterocycles. The highest BCUT2D eigenvalue weighted by molar-refractivity contribution is 5.84. The SMILES string of the molecule is CC/C=C\C(C)=C(/C)Cc1cccc(-c2cccc(C)c2-c2ccccn2)c1. The molecule has 3 rings (SSSR count). The topological polar surface area (TPSA) is 12.9 Å². The lowest BCUT2D eigenvalue weighted by atomic mass is 9.91. The molecule has 0 fully saturated rings. The summed E-state index contributed by atoms with van der Waals surface area (Å²) >= 11 is 0. The number of aromatic nitrogens is 1. The molecule has 0 aliphatic rings.